The molecule has 8 heteroatoms. The summed E-state index contributed by atoms with van der Waals surface area (Å²) >= 11 is 5.91. The Kier molecular flexibility index (Phi) is 5.29. The lowest BCUT2D eigenvalue weighted by molar-refractivity contribution is -0.116. The van der Waals surface area contributed by atoms with Crippen LogP contribution in [0.4, 0.5) is 5.69 Å². The summed E-state index contributed by atoms with van der Waals surface area (Å²) in [4.78, 5) is 38.1. The van der Waals surface area contributed by atoms with Gasteiger partial charge in [0.15, 0.2) is 11.5 Å². The first-order valence-electron chi connectivity index (χ1n) is 9.26. The Morgan fingerprint density at radius 3 is 2.63 bits per heavy atom. The molecular weight excluding hydrogens is 402 g/mol. The van der Waals surface area contributed by atoms with Gasteiger partial charge in [-0.05, 0) is 55.3 Å². The molecule has 0 saturated carbocycles. The highest BCUT2D eigenvalue weighted by Crippen LogP contribution is 2.19. The normalized spacial score (nSPS) is 10.9. The van der Waals surface area contributed by atoms with E-state index in [0.717, 1.165) is 22.4 Å². The number of nitrogens with one attached hydrogen (secondary N) is 1. The van der Waals surface area contributed by atoms with Gasteiger partial charge in [0.25, 0.3) is 5.56 Å². The van der Waals surface area contributed by atoms with Crippen LogP contribution in [0.2, 0.25) is 5.02 Å². The molecule has 2 heterocycles. The molecule has 7 nitrogen and oxygen atoms in total. The van der Waals surface area contributed by atoms with E-state index in [-0.39, 0.29) is 29.0 Å². The highest BCUT2D eigenvalue weighted by molar-refractivity contribution is 6.30. The summed E-state index contributed by atoms with van der Waals surface area (Å²) in [6, 6.07) is 12.9. The Bertz CT molecular complexity index is 1320. The van der Waals surface area contributed by atoms with E-state index in [2.05, 4.69) is 20.3 Å². The molecule has 30 heavy (non-hydrogen) atoms. The molecule has 0 atom stereocenters. The molecule has 150 valence electrons. The van der Waals surface area contributed by atoms with Gasteiger partial charge in [-0.25, -0.2) is 15.0 Å². The van der Waals surface area contributed by atoms with E-state index in [4.69, 9.17) is 11.6 Å². The molecular formula is C22H18ClN5O2. The third-order valence-electron chi connectivity index (χ3n) is 4.66. The molecule has 0 unspecified atom stereocenters. The van der Waals surface area contributed by atoms with E-state index >= 15 is 0 Å². The van der Waals surface area contributed by atoms with Gasteiger partial charge < -0.3 is 5.32 Å². The van der Waals surface area contributed by atoms with Crippen molar-refractivity contribution in [1.82, 2.24) is 19.5 Å². The smallest absolute Gasteiger partial charge is 0.264 e. The molecule has 0 bridgehead atoms. The second-order valence-electron chi connectivity index (χ2n) is 6.98. The van der Waals surface area contributed by atoms with Crippen LogP contribution in [-0.2, 0) is 11.3 Å². The zero-order valence-corrected chi connectivity index (χ0v) is 17.1. The number of halogens is 1. The van der Waals surface area contributed by atoms with Gasteiger partial charge in [-0.3, -0.25) is 14.2 Å². The summed E-state index contributed by atoms with van der Waals surface area (Å²) in [5.41, 5.74) is 3.36. The largest absolute Gasteiger partial charge is 0.324 e. The fourth-order valence-electron chi connectivity index (χ4n) is 3.02. The van der Waals surface area contributed by atoms with Crippen LogP contribution >= 0.6 is 11.6 Å². The number of aromatic nitrogens is 4. The quantitative estimate of drug-likeness (QED) is 0.544. The number of rotatable bonds is 4. The maximum absolute atomic E-state index is 12.8. The van der Waals surface area contributed by atoms with E-state index in [0.29, 0.717) is 10.8 Å². The number of carbonyl (C=O) groups excluding carboxylic acids is 1. The van der Waals surface area contributed by atoms with Crippen molar-refractivity contribution < 1.29 is 4.79 Å². The summed E-state index contributed by atoms with van der Waals surface area (Å²) in [5.74, 6) is 0.127. The summed E-state index contributed by atoms with van der Waals surface area (Å²) < 4.78 is 1.24. The molecule has 0 saturated heterocycles. The van der Waals surface area contributed by atoms with Crippen LogP contribution in [0.3, 0.4) is 0 Å². The second-order valence-corrected chi connectivity index (χ2v) is 7.42. The van der Waals surface area contributed by atoms with Crippen LogP contribution in [0.5, 0.6) is 0 Å². The zero-order valence-electron chi connectivity index (χ0n) is 16.4. The predicted octanol–water partition coefficient (Wildman–Crippen LogP) is 3.76. The Morgan fingerprint density at radius 2 is 1.87 bits per heavy atom. The molecule has 0 fully saturated rings. The summed E-state index contributed by atoms with van der Waals surface area (Å²) in [6.07, 6.45) is 2.76. The first-order valence-corrected chi connectivity index (χ1v) is 9.64. The van der Waals surface area contributed by atoms with Crippen molar-refractivity contribution in [3.63, 3.8) is 0 Å². The summed E-state index contributed by atoms with van der Waals surface area (Å²) in [7, 11) is 0. The highest BCUT2D eigenvalue weighted by Gasteiger charge is 2.12. The molecule has 0 aliphatic carbocycles. The van der Waals surface area contributed by atoms with Crippen LogP contribution in [0.25, 0.3) is 22.4 Å². The minimum atomic E-state index is -0.376. The van der Waals surface area contributed by atoms with Crippen LogP contribution in [-0.4, -0.2) is 25.4 Å². The van der Waals surface area contributed by atoms with Gasteiger partial charge in [0.05, 0.1) is 0 Å². The lowest BCUT2D eigenvalue weighted by atomic mass is 10.1. The maximum Gasteiger partial charge on any atom is 0.264 e. The van der Waals surface area contributed by atoms with Gasteiger partial charge in [-0.1, -0.05) is 23.7 Å². The number of hydrogen-bond acceptors (Lipinski definition) is 5. The highest BCUT2D eigenvalue weighted by atomic mass is 35.5. The summed E-state index contributed by atoms with van der Waals surface area (Å²) in [5, 5.41) is 3.70. The molecule has 1 amide bonds. The number of benzene rings is 2. The van der Waals surface area contributed by atoms with Crippen LogP contribution < -0.4 is 10.9 Å². The Balaban J connectivity index is 1.59. The fourth-order valence-corrected chi connectivity index (χ4v) is 3.15. The molecule has 4 aromatic rings. The number of carbonyl (C=O) groups is 1. The number of anilines is 1. The third kappa shape index (κ3) is 4.06. The van der Waals surface area contributed by atoms with E-state index < -0.39 is 0 Å². The second kappa shape index (κ2) is 8.04. The molecule has 0 spiro atoms. The van der Waals surface area contributed by atoms with Crippen molar-refractivity contribution in [3.8, 4) is 11.4 Å². The van der Waals surface area contributed by atoms with Crippen LogP contribution in [0, 0.1) is 13.8 Å². The maximum atomic E-state index is 12.8. The number of hydrogen-bond donors (Lipinski definition) is 1. The van der Waals surface area contributed by atoms with Crippen molar-refractivity contribution in [2.24, 2.45) is 0 Å². The fraction of sp³-hybridized carbons (Fsp3) is 0.136. The molecule has 0 aliphatic rings. The topological polar surface area (TPSA) is 89.8 Å². The molecule has 2 aromatic heterocycles. The molecule has 0 aliphatic heterocycles. The van der Waals surface area contributed by atoms with Gasteiger partial charge in [0.1, 0.15) is 18.3 Å². The molecule has 0 radical (unpaired) electrons. The number of nitrogens with zero attached hydrogens (tertiary/aromatic N) is 4. The van der Waals surface area contributed by atoms with Gasteiger partial charge in [-0.2, -0.15) is 0 Å². The minimum absolute atomic E-state index is 0.159. The van der Waals surface area contributed by atoms with E-state index in [9.17, 15) is 9.59 Å². The van der Waals surface area contributed by atoms with E-state index in [1.54, 1.807) is 24.3 Å². The molecule has 1 N–H and O–H groups in total. The molecule has 2 aromatic carbocycles. The number of amides is 1. The van der Waals surface area contributed by atoms with Crippen molar-refractivity contribution >= 4 is 34.2 Å². The Labute approximate surface area is 177 Å². The van der Waals surface area contributed by atoms with Crippen LogP contribution in [0.1, 0.15) is 11.1 Å². The molecule has 4 rings (SSSR count). The summed E-state index contributed by atoms with van der Waals surface area (Å²) in [6.45, 7) is 3.70. The van der Waals surface area contributed by atoms with Crippen LogP contribution in [0.15, 0.2) is 59.8 Å². The van der Waals surface area contributed by atoms with Gasteiger partial charge in [0.2, 0.25) is 5.91 Å². The van der Waals surface area contributed by atoms with Crippen molar-refractivity contribution in [3.05, 3.63) is 81.5 Å². The van der Waals surface area contributed by atoms with Crippen molar-refractivity contribution in [1.29, 1.82) is 0 Å². The first-order chi connectivity index (χ1) is 14.4. The predicted molar refractivity (Wildman–Crippen MR) is 117 cm³/mol. The Hall–Kier alpha value is -3.58. The monoisotopic (exact) mass is 419 g/mol. The average molecular weight is 420 g/mol. The lowest BCUT2D eigenvalue weighted by Gasteiger charge is -2.11. The zero-order chi connectivity index (χ0) is 21.3. The van der Waals surface area contributed by atoms with Crippen molar-refractivity contribution in [2.75, 3.05) is 5.32 Å². The third-order valence-corrected chi connectivity index (χ3v) is 4.91. The Morgan fingerprint density at radius 1 is 1.10 bits per heavy atom. The SMILES string of the molecule is Cc1ccc(C)c(NC(=O)Cn2cnc3nc(-c4ccc(Cl)cc4)ncc3c2=O)c1. The lowest BCUT2D eigenvalue weighted by Crippen LogP contribution is -2.28. The number of fused-ring (bicyclic) bond motifs is 1. The van der Waals surface area contributed by atoms with E-state index in [1.807, 2.05) is 32.0 Å². The number of aryl methyl sites for hydroxylation is 2. The van der Waals surface area contributed by atoms with Crippen molar-refractivity contribution in [2.45, 2.75) is 20.4 Å². The average Bonchev–Trinajstić information content (AvgIpc) is 2.73. The van der Waals surface area contributed by atoms with Gasteiger partial charge in [-0.15, -0.1) is 0 Å². The van der Waals surface area contributed by atoms with Gasteiger partial charge >= 0.3 is 0 Å². The van der Waals surface area contributed by atoms with Gasteiger partial charge in [0, 0.05) is 22.5 Å². The first kappa shape index (κ1) is 19.7. The standard InChI is InChI=1S/C22H18ClN5O2/c1-13-3-4-14(2)18(9-13)26-19(29)11-28-12-25-21-17(22(28)30)10-24-20(27-21)15-5-7-16(23)8-6-15/h3-10,12H,11H2,1-2H3,(H,26,29). The van der Waals surface area contributed by atoms with E-state index in [1.165, 1.54) is 17.1 Å². The minimum Gasteiger partial charge on any atom is -0.324 e.